The summed E-state index contributed by atoms with van der Waals surface area (Å²) in [5.74, 6) is 0. The van der Waals surface area contributed by atoms with Crippen LogP contribution in [0.2, 0.25) is 0 Å². The zero-order valence-corrected chi connectivity index (χ0v) is 9.06. The monoisotopic (exact) mass is 213 g/mol. The molecule has 0 spiro atoms. The van der Waals surface area contributed by atoms with Crippen molar-refractivity contribution in [3.63, 3.8) is 0 Å². The molecule has 0 atom stereocenters. The molecule has 0 radical (unpaired) electrons. The van der Waals surface area contributed by atoms with Gasteiger partial charge in [-0.1, -0.05) is 54.6 Å². The lowest BCUT2D eigenvalue weighted by Gasteiger charge is -2.08. The highest BCUT2D eigenvalue weighted by Crippen LogP contribution is 2.14. The minimum Gasteiger partial charge on any atom is -0.316 e. The summed E-state index contributed by atoms with van der Waals surface area (Å²) in [4.78, 5) is 0. The number of rotatable bonds is 4. The van der Waals surface area contributed by atoms with E-state index in [4.69, 9.17) is 5.21 Å². The first-order valence-corrected chi connectivity index (χ1v) is 5.38. The van der Waals surface area contributed by atoms with Crippen LogP contribution in [0.15, 0.2) is 54.6 Å². The quantitative estimate of drug-likeness (QED) is 0.765. The first-order valence-electron chi connectivity index (χ1n) is 5.38. The van der Waals surface area contributed by atoms with Crippen LogP contribution >= 0.6 is 0 Å². The highest BCUT2D eigenvalue weighted by molar-refractivity contribution is 5.32. The maximum absolute atomic E-state index is 8.76. The molecule has 82 valence electrons. The van der Waals surface area contributed by atoms with Crippen molar-refractivity contribution in [2.75, 3.05) is 0 Å². The standard InChI is InChI=1S/C14H15NO/c16-15-11-14-9-5-4-8-13(14)10-12-6-2-1-3-7-12/h1-9,15-16H,10-11H2. The van der Waals surface area contributed by atoms with E-state index < -0.39 is 0 Å². The lowest BCUT2D eigenvalue weighted by atomic mass is 10.00. The summed E-state index contributed by atoms with van der Waals surface area (Å²) < 4.78 is 0. The summed E-state index contributed by atoms with van der Waals surface area (Å²) in [6.45, 7) is 0.489. The molecule has 0 heterocycles. The van der Waals surface area contributed by atoms with Gasteiger partial charge in [0.15, 0.2) is 0 Å². The van der Waals surface area contributed by atoms with Crippen LogP contribution in [0.25, 0.3) is 0 Å². The summed E-state index contributed by atoms with van der Waals surface area (Å²) in [6, 6.07) is 18.5. The van der Waals surface area contributed by atoms with Crippen LogP contribution in [0, 0.1) is 0 Å². The molecule has 0 fully saturated rings. The first-order chi connectivity index (χ1) is 7.90. The smallest absolute Gasteiger partial charge is 0.0460 e. The van der Waals surface area contributed by atoms with E-state index in [0.29, 0.717) is 6.54 Å². The maximum Gasteiger partial charge on any atom is 0.0460 e. The molecular weight excluding hydrogens is 198 g/mol. The third-order valence-corrected chi connectivity index (χ3v) is 2.63. The zero-order chi connectivity index (χ0) is 11.2. The fourth-order valence-corrected chi connectivity index (χ4v) is 1.80. The molecule has 2 N–H and O–H groups in total. The second-order valence-electron chi connectivity index (χ2n) is 3.77. The minimum atomic E-state index is 0.489. The molecule has 2 nitrogen and oxygen atoms in total. The second kappa shape index (κ2) is 5.45. The van der Waals surface area contributed by atoms with Crippen LogP contribution in [-0.4, -0.2) is 5.21 Å². The molecule has 0 amide bonds. The van der Waals surface area contributed by atoms with Gasteiger partial charge in [0.05, 0.1) is 0 Å². The zero-order valence-electron chi connectivity index (χ0n) is 9.06. The topological polar surface area (TPSA) is 32.3 Å². The van der Waals surface area contributed by atoms with Crippen molar-refractivity contribution in [3.8, 4) is 0 Å². The van der Waals surface area contributed by atoms with Crippen LogP contribution in [0.4, 0.5) is 0 Å². The van der Waals surface area contributed by atoms with Gasteiger partial charge in [-0.05, 0) is 23.1 Å². The molecule has 0 unspecified atom stereocenters. The first kappa shape index (κ1) is 10.9. The highest BCUT2D eigenvalue weighted by Gasteiger charge is 2.01. The molecule has 2 aromatic carbocycles. The van der Waals surface area contributed by atoms with Crippen LogP contribution in [-0.2, 0) is 13.0 Å². The summed E-state index contributed by atoms with van der Waals surface area (Å²) in [6.07, 6.45) is 0.901. The Morgan fingerprint density at radius 3 is 2.12 bits per heavy atom. The van der Waals surface area contributed by atoms with Gasteiger partial charge in [-0.25, -0.2) is 5.48 Å². The number of benzene rings is 2. The minimum absolute atomic E-state index is 0.489. The largest absolute Gasteiger partial charge is 0.316 e. The number of hydrogen-bond donors (Lipinski definition) is 2. The second-order valence-corrected chi connectivity index (χ2v) is 3.77. The predicted molar refractivity (Wildman–Crippen MR) is 64.3 cm³/mol. The van der Waals surface area contributed by atoms with Gasteiger partial charge in [-0.15, -0.1) is 0 Å². The normalized spacial score (nSPS) is 10.3. The van der Waals surface area contributed by atoms with Crippen molar-refractivity contribution >= 4 is 0 Å². The van der Waals surface area contributed by atoms with Gasteiger partial charge in [0.25, 0.3) is 0 Å². The van der Waals surface area contributed by atoms with Crippen molar-refractivity contribution < 1.29 is 5.21 Å². The van der Waals surface area contributed by atoms with Gasteiger partial charge in [0, 0.05) is 6.54 Å². The number of hydroxylamine groups is 1. The lowest BCUT2D eigenvalue weighted by molar-refractivity contribution is 0.161. The van der Waals surface area contributed by atoms with Crippen molar-refractivity contribution in [2.45, 2.75) is 13.0 Å². The molecule has 2 aromatic rings. The third-order valence-electron chi connectivity index (χ3n) is 2.63. The number of hydrogen-bond acceptors (Lipinski definition) is 2. The Balaban J connectivity index is 2.21. The Morgan fingerprint density at radius 2 is 1.44 bits per heavy atom. The van der Waals surface area contributed by atoms with E-state index in [0.717, 1.165) is 12.0 Å². The Hall–Kier alpha value is -1.64. The SMILES string of the molecule is ONCc1ccccc1Cc1ccccc1. The molecule has 0 aliphatic heterocycles. The summed E-state index contributed by atoms with van der Waals surface area (Å²) >= 11 is 0. The Morgan fingerprint density at radius 1 is 0.812 bits per heavy atom. The van der Waals surface area contributed by atoms with Gasteiger partial charge in [-0.3, -0.25) is 0 Å². The Bertz CT molecular complexity index is 439. The molecule has 2 rings (SSSR count). The molecule has 0 saturated heterocycles. The van der Waals surface area contributed by atoms with Crippen molar-refractivity contribution in [1.29, 1.82) is 0 Å². The van der Waals surface area contributed by atoms with E-state index in [1.165, 1.54) is 11.1 Å². The van der Waals surface area contributed by atoms with Gasteiger partial charge in [0.1, 0.15) is 0 Å². The molecule has 0 aliphatic rings. The average Bonchev–Trinajstić information content (AvgIpc) is 2.33. The fourth-order valence-electron chi connectivity index (χ4n) is 1.80. The number of nitrogens with one attached hydrogen (secondary N) is 1. The van der Waals surface area contributed by atoms with Crippen molar-refractivity contribution in [3.05, 3.63) is 71.3 Å². The van der Waals surface area contributed by atoms with Crippen molar-refractivity contribution in [2.24, 2.45) is 0 Å². The average molecular weight is 213 g/mol. The lowest BCUT2D eigenvalue weighted by Crippen LogP contribution is -2.08. The van der Waals surface area contributed by atoms with Crippen LogP contribution in [0.5, 0.6) is 0 Å². The summed E-state index contributed by atoms with van der Waals surface area (Å²) in [5.41, 5.74) is 5.87. The van der Waals surface area contributed by atoms with E-state index in [2.05, 4.69) is 23.7 Å². The van der Waals surface area contributed by atoms with Crippen LogP contribution in [0.3, 0.4) is 0 Å². The van der Waals surface area contributed by atoms with Crippen LogP contribution in [0.1, 0.15) is 16.7 Å². The van der Waals surface area contributed by atoms with Gasteiger partial charge >= 0.3 is 0 Å². The summed E-state index contributed by atoms with van der Waals surface area (Å²) in [5, 5.41) is 8.76. The van der Waals surface area contributed by atoms with Crippen molar-refractivity contribution in [1.82, 2.24) is 5.48 Å². The molecule has 0 aromatic heterocycles. The molecule has 16 heavy (non-hydrogen) atoms. The molecule has 0 saturated carbocycles. The summed E-state index contributed by atoms with van der Waals surface area (Å²) in [7, 11) is 0. The Kier molecular flexibility index (Phi) is 3.70. The van der Waals surface area contributed by atoms with Gasteiger partial charge in [-0.2, -0.15) is 0 Å². The highest BCUT2D eigenvalue weighted by atomic mass is 16.5. The maximum atomic E-state index is 8.76. The van der Waals surface area contributed by atoms with E-state index in [1.54, 1.807) is 0 Å². The van der Waals surface area contributed by atoms with Gasteiger partial charge < -0.3 is 5.21 Å². The van der Waals surface area contributed by atoms with E-state index >= 15 is 0 Å². The Labute approximate surface area is 95.5 Å². The van der Waals surface area contributed by atoms with E-state index in [9.17, 15) is 0 Å². The molecule has 0 aliphatic carbocycles. The predicted octanol–water partition coefficient (Wildman–Crippen LogP) is 2.76. The molecular formula is C14H15NO. The van der Waals surface area contributed by atoms with E-state index in [1.807, 2.05) is 36.4 Å². The third kappa shape index (κ3) is 2.69. The molecule has 0 bridgehead atoms. The van der Waals surface area contributed by atoms with Crippen LogP contribution < -0.4 is 5.48 Å². The van der Waals surface area contributed by atoms with E-state index in [-0.39, 0.29) is 0 Å². The van der Waals surface area contributed by atoms with Gasteiger partial charge in [0.2, 0.25) is 0 Å². The molecule has 2 heteroatoms. The fraction of sp³-hybridized carbons (Fsp3) is 0.143.